The molecule has 0 aliphatic rings. The molecule has 0 fully saturated rings. The van der Waals surface area contributed by atoms with Crippen molar-refractivity contribution in [2.24, 2.45) is 0 Å². The van der Waals surface area contributed by atoms with Crippen LogP contribution in [0.15, 0.2) is 30.6 Å². The summed E-state index contributed by atoms with van der Waals surface area (Å²) < 4.78 is 44.0. The van der Waals surface area contributed by atoms with Crippen LogP contribution in [0.3, 0.4) is 0 Å². The van der Waals surface area contributed by atoms with E-state index in [0.29, 0.717) is 0 Å². The second kappa shape index (κ2) is 8.90. The topological polar surface area (TPSA) is 76.1 Å². The Bertz CT molecular complexity index is 800. The number of rotatable bonds is 7. The molecule has 2 rings (SSSR count). The van der Waals surface area contributed by atoms with Crippen molar-refractivity contribution in [2.75, 3.05) is 18.4 Å². The zero-order valence-corrected chi connectivity index (χ0v) is 15.4. The van der Waals surface area contributed by atoms with Crippen molar-refractivity contribution in [2.45, 2.75) is 26.1 Å². The van der Waals surface area contributed by atoms with Crippen molar-refractivity contribution in [1.29, 1.82) is 0 Å². The Morgan fingerprint density at radius 3 is 2.67 bits per heavy atom. The Morgan fingerprint density at radius 2 is 2.04 bits per heavy atom. The lowest BCUT2D eigenvalue weighted by Crippen LogP contribution is -2.29. The van der Waals surface area contributed by atoms with Crippen molar-refractivity contribution in [3.63, 3.8) is 0 Å². The molecule has 0 bridgehead atoms. The first-order chi connectivity index (χ1) is 12.7. The van der Waals surface area contributed by atoms with Gasteiger partial charge in [-0.15, -0.1) is 0 Å². The van der Waals surface area contributed by atoms with Crippen molar-refractivity contribution < 1.29 is 22.7 Å². The number of amides is 1. The lowest BCUT2D eigenvalue weighted by Gasteiger charge is -2.13. The number of hydrogen-bond donors (Lipinski definition) is 2. The summed E-state index contributed by atoms with van der Waals surface area (Å²) in [6.07, 6.45) is -2.06. The van der Waals surface area contributed by atoms with E-state index >= 15 is 0 Å². The molecular weight excluding hydrogens is 385 g/mol. The minimum absolute atomic E-state index is 0.0571. The normalized spacial score (nSPS) is 11.4. The average Bonchev–Trinajstić information content (AvgIpc) is 2.59. The summed E-state index contributed by atoms with van der Waals surface area (Å²) in [6.45, 7) is 3.77. The van der Waals surface area contributed by atoms with Gasteiger partial charge in [-0.25, -0.2) is 9.97 Å². The molecule has 0 radical (unpaired) electrons. The van der Waals surface area contributed by atoms with Gasteiger partial charge < -0.3 is 15.4 Å². The highest BCUT2D eigenvalue weighted by atomic mass is 35.5. The van der Waals surface area contributed by atoms with E-state index in [1.165, 1.54) is 24.5 Å². The number of nitrogens with one attached hydrogen (secondary N) is 2. The van der Waals surface area contributed by atoms with Crippen molar-refractivity contribution in [3.8, 4) is 5.88 Å². The molecule has 0 unspecified atom stereocenters. The van der Waals surface area contributed by atoms with Crippen LogP contribution in [0.25, 0.3) is 0 Å². The standard InChI is InChI=1S/C17H18ClF3N4O2/c1-10(2)27-16-13(18)8-11(9-25-16)15(26)24-7-6-23-14-12(17(19,20)21)4-3-5-22-14/h3-5,8-10H,6-7H2,1-2H3,(H,22,23)(H,24,26). The van der Waals surface area contributed by atoms with Crippen molar-refractivity contribution >= 4 is 23.3 Å². The minimum atomic E-state index is -4.51. The van der Waals surface area contributed by atoms with E-state index in [-0.39, 0.29) is 41.5 Å². The first-order valence-electron chi connectivity index (χ1n) is 8.05. The SMILES string of the molecule is CC(C)Oc1ncc(C(=O)NCCNc2ncccc2C(F)(F)F)cc1Cl. The Labute approximate surface area is 159 Å². The number of aromatic nitrogens is 2. The molecule has 0 spiro atoms. The summed E-state index contributed by atoms with van der Waals surface area (Å²) in [7, 11) is 0. The number of nitrogens with zero attached hydrogens (tertiary/aromatic N) is 2. The van der Waals surface area contributed by atoms with Crippen LogP contribution in [0.5, 0.6) is 5.88 Å². The average molecular weight is 403 g/mol. The first-order valence-corrected chi connectivity index (χ1v) is 8.42. The van der Waals surface area contributed by atoms with E-state index in [4.69, 9.17) is 16.3 Å². The van der Waals surface area contributed by atoms with Crippen LogP contribution < -0.4 is 15.4 Å². The highest BCUT2D eigenvalue weighted by Gasteiger charge is 2.33. The monoisotopic (exact) mass is 402 g/mol. The van der Waals surface area contributed by atoms with Crippen LogP contribution in [-0.2, 0) is 6.18 Å². The highest BCUT2D eigenvalue weighted by Crippen LogP contribution is 2.33. The van der Waals surface area contributed by atoms with Gasteiger partial charge in [-0.2, -0.15) is 13.2 Å². The molecular formula is C17H18ClF3N4O2. The van der Waals surface area contributed by atoms with Crippen molar-refractivity contribution in [1.82, 2.24) is 15.3 Å². The van der Waals surface area contributed by atoms with Gasteiger partial charge in [-0.05, 0) is 32.0 Å². The number of hydrogen-bond acceptors (Lipinski definition) is 5. The number of anilines is 1. The predicted molar refractivity (Wildman–Crippen MR) is 95.1 cm³/mol. The largest absolute Gasteiger partial charge is 0.474 e. The minimum Gasteiger partial charge on any atom is -0.474 e. The third kappa shape index (κ3) is 5.99. The summed E-state index contributed by atoms with van der Waals surface area (Å²) in [5.74, 6) is -0.529. The summed E-state index contributed by atoms with van der Waals surface area (Å²) in [6, 6.07) is 3.55. The van der Waals surface area contributed by atoms with E-state index in [1.54, 1.807) is 0 Å². The molecule has 10 heteroatoms. The number of carbonyl (C=O) groups is 1. The molecule has 0 aliphatic heterocycles. The Kier molecular flexibility index (Phi) is 6.84. The van der Waals surface area contributed by atoms with Gasteiger partial charge >= 0.3 is 6.18 Å². The first kappa shape index (κ1) is 20.8. The van der Waals surface area contributed by atoms with Crippen LogP contribution in [0, 0.1) is 0 Å². The number of alkyl halides is 3. The maximum atomic E-state index is 12.9. The fourth-order valence-corrected chi connectivity index (χ4v) is 2.30. The van der Waals surface area contributed by atoms with Gasteiger partial charge in [0, 0.05) is 25.5 Å². The summed E-state index contributed by atoms with van der Waals surface area (Å²) in [5.41, 5.74) is -0.655. The van der Waals surface area contributed by atoms with E-state index in [1.807, 2.05) is 13.8 Å². The highest BCUT2D eigenvalue weighted by molar-refractivity contribution is 6.32. The molecule has 27 heavy (non-hydrogen) atoms. The Morgan fingerprint density at radius 1 is 1.30 bits per heavy atom. The second-order valence-electron chi connectivity index (χ2n) is 5.76. The molecule has 146 valence electrons. The molecule has 0 atom stereocenters. The maximum absolute atomic E-state index is 12.9. The Balaban J connectivity index is 1.89. The van der Waals surface area contributed by atoms with Gasteiger partial charge in [0.15, 0.2) is 0 Å². The van der Waals surface area contributed by atoms with Crippen LogP contribution in [0.2, 0.25) is 5.02 Å². The smallest absolute Gasteiger partial charge is 0.419 e. The molecule has 2 N–H and O–H groups in total. The summed E-state index contributed by atoms with van der Waals surface area (Å²) in [4.78, 5) is 19.8. The van der Waals surface area contributed by atoms with Gasteiger partial charge in [0.25, 0.3) is 5.91 Å². The van der Waals surface area contributed by atoms with E-state index in [9.17, 15) is 18.0 Å². The van der Waals surface area contributed by atoms with Crippen molar-refractivity contribution in [3.05, 3.63) is 46.7 Å². The fraction of sp³-hybridized carbons (Fsp3) is 0.353. The zero-order valence-electron chi connectivity index (χ0n) is 14.6. The molecule has 0 aromatic carbocycles. The predicted octanol–water partition coefficient (Wildman–Crippen LogP) is 3.78. The van der Waals surface area contributed by atoms with Crippen LogP contribution >= 0.6 is 11.6 Å². The van der Waals surface area contributed by atoms with E-state index < -0.39 is 17.6 Å². The molecule has 0 saturated carbocycles. The lowest BCUT2D eigenvalue weighted by molar-refractivity contribution is -0.137. The number of carbonyl (C=O) groups excluding carboxylic acids is 1. The number of ether oxygens (including phenoxy) is 1. The summed E-state index contributed by atoms with van der Waals surface area (Å²) >= 11 is 6.02. The van der Waals surface area contributed by atoms with Gasteiger partial charge in [0.2, 0.25) is 5.88 Å². The molecule has 0 saturated heterocycles. The van der Waals surface area contributed by atoms with Gasteiger partial charge in [0.1, 0.15) is 10.8 Å². The molecule has 0 aliphatic carbocycles. The Hall–Kier alpha value is -2.55. The molecule has 2 aromatic rings. The van der Waals surface area contributed by atoms with Crippen LogP contribution in [0.1, 0.15) is 29.8 Å². The quantitative estimate of drug-likeness (QED) is 0.689. The molecule has 2 aromatic heterocycles. The summed E-state index contributed by atoms with van der Waals surface area (Å²) in [5, 5.41) is 5.32. The molecule has 6 nitrogen and oxygen atoms in total. The third-order valence-electron chi connectivity index (χ3n) is 3.23. The van der Waals surface area contributed by atoms with E-state index in [0.717, 1.165) is 6.07 Å². The van der Waals surface area contributed by atoms with Crippen LogP contribution in [-0.4, -0.2) is 35.1 Å². The molecule has 1 amide bonds. The van der Waals surface area contributed by atoms with Gasteiger partial charge in [-0.1, -0.05) is 11.6 Å². The number of pyridine rings is 2. The van der Waals surface area contributed by atoms with Gasteiger partial charge in [0.05, 0.1) is 17.2 Å². The maximum Gasteiger partial charge on any atom is 0.419 e. The number of halogens is 4. The fourth-order valence-electron chi connectivity index (χ4n) is 2.09. The second-order valence-corrected chi connectivity index (χ2v) is 6.16. The van der Waals surface area contributed by atoms with Gasteiger partial charge in [-0.3, -0.25) is 4.79 Å². The zero-order chi connectivity index (χ0) is 20.0. The van der Waals surface area contributed by atoms with E-state index in [2.05, 4.69) is 20.6 Å². The molecule has 2 heterocycles. The van der Waals surface area contributed by atoms with Crippen LogP contribution in [0.4, 0.5) is 19.0 Å². The lowest BCUT2D eigenvalue weighted by atomic mass is 10.2. The third-order valence-corrected chi connectivity index (χ3v) is 3.50.